The molecule has 1 aliphatic rings. The van der Waals surface area contributed by atoms with Crippen LogP contribution in [0.15, 0.2) is 0 Å². The van der Waals surface area contributed by atoms with Gasteiger partial charge in [-0.25, -0.2) is 0 Å². The van der Waals surface area contributed by atoms with E-state index in [1.165, 1.54) is 4.90 Å². The minimum atomic E-state index is -4.54. The van der Waals surface area contributed by atoms with Gasteiger partial charge in [-0.15, -0.1) is 3.89 Å². The van der Waals surface area contributed by atoms with Crippen LogP contribution in [0.4, 0.5) is 3.89 Å². The Hall–Kier alpha value is -1.18. The Morgan fingerprint density at radius 2 is 2.05 bits per heavy atom. The number of unbranched alkanes of at least 4 members (excludes halogenated alkanes) is 2. The van der Waals surface area contributed by atoms with Crippen LogP contribution in [0.2, 0.25) is 0 Å². The van der Waals surface area contributed by atoms with Crippen molar-refractivity contribution in [1.82, 2.24) is 4.90 Å². The fourth-order valence-electron chi connectivity index (χ4n) is 2.22. The van der Waals surface area contributed by atoms with Gasteiger partial charge in [0.25, 0.3) is 0 Å². The minimum absolute atomic E-state index is 0.0677. The van der Waals surface area contributed by atoms with Gasteiger partial charge in [0.2, 0.25) is 5.91 Å². The zero-order valence-electron chi connectivity index (χ0n) is 10.5. The molecule has 1 aliphatic heterocycles. The Morgan fingerprint density at radius 3 is 2.63 bits per heavy atom. The summed E-state index contributed by atoms with van der Waals surface area (Å²) in [6, 6.07) is 0. The second kappa shape index (κ2) is 6.83. The average Bonchev–Trinajstić information content (AvgIpc) is 2.55. The molecular weight excluding hydrogens is 277 g/mol. The number of rotatable bonds is 8. The Labute approximate surface area is 111 Å². The fourth-order valence-corrected chi connectivity index (χ4v) is 3.01. The summed E-state index contributed by atoms with van der Waals surface area (Å²) in [4.78, 5) is 23.4. The molecule has 1 rings (SSSR count). The number of amides is 1. The van der Waals surface area contributed by atoms with Gasteiger partial charge in [0.05, 0.1) is 5.75 Å². The van der Waals surface area contributed by atoms with Gasteiger partial charge in [0, 0.05) is 31.8 Å². The van der Waals surface area contributed by atoms with Crippen molar-refractivity contribution in [1.29, 1.82) is 0 Å². The first-order valence-electron chi connectivity index (χ1n) is 6.20. The third-order valence-corrected chi connectivity index (χ3v) is 3.92. The molecule has 110 valence electrons. The smallest absolute Gasteiger partial charge is 0.303 e. The number of aliphatic carboxylic acids is 1. The maximum atomic E-state index is 12.5. The number of carbonyl (C=O) groups excluding carboxylic acids is 1. The fraction of sp³-hybridized carbons (Fsp3) is 0.818. The summed E-state index contributed by atoms with van der Waals surface area (Å²) in [5.74, 6) is -2.08. The summed E-state index contributed by atoms with van der Waals surface area (Å²) in [7, 11) is -4.54. The van der Waals surface area contributed by atoms with E-state index < -0.39 is 27.9 Å². The van der Waals surface area contributed by atoms with Crippen molar-refractivity contribution in [3.63, 3.8) is 0 Å². The molecule has 1 N–H and O–H groups in total. The third-order valence-electron chi connectivity index (χ3n) is 3.05. The van der Waals surface area contributed by atoms with E-state index in [1.54, 1.807) is 0 Å². The highest BCUT2D eigenvalue weighted by atomic mass is 32.3. The van der Waals surface area contributed by atoms with Gasteiger partial charge in [0.15, 0.2) is 0 Å². The van der Waals surface area contributed by atoms with E-state index in [1.807, 2.05) is 0 Å². The lowest BCUT2D eigenvalue weighted by molar-refractivity contribution is -0.137. The van der Waals surface area contributed by atoms with Gasteiger partial charge >= 0.3 is 16.2 Å². The zero-order valence-corrected chi connectivity index (χ0v) is 11.4. The van der Waals surface area contributed by atoms with Crippen molar-refractivity contribution in [2.24, 2.45) is 5.92 Å². The number of halogens is 1. The Balaban J connectivity index is 2.24. The molecule has 1 atom stereocenters. The van der Waals surface area contributed by atoms with E-state index in [2.05, 4.69) is 0 Å². The largest absolute Gasteiger partial charge is 0.481 e. The molecule has 1 saturated heterocycles. The molecule has 0 aromatic carbocycles. The third kappa shape index (κ3) is 6.51. The van der Waals surface area contributed by atoms with Crippen LogP contribution in [0.25, 0.3) is 0 Å². The van der Waals surface area contributed by atoms with E-state index in [0.717, 1.165) is 0 Å². The average molecular weight is 295 g/mol. The van der Waals surface area contributed by atoms with Crippen LogP contribution in [0.5, 0.6) is 0 Å². The van der Waals surface area contributed by atoms with E-state index in [-0.39, 0.29) is 25.3 Å². The molecule has 0 aromatic heterocycles. The number of nitrogens with zero attached hydrogens (tertiary/aromatic N) is 1. The molecular formula is C11H18FNO5S. The monoisotopic (exact) mass is 295 g/mol. The van der Waals surface area contributed by atoms with Gasteiger partial charge < -0.3 is 10.0 Å². The lowest BCUT2D eigenvalue weighted by atomic mass is 10.1. The number of carboxylic acid groups (broad SMARTS) is 1. The Morgan fingerprint density at radius 1 is 1.37 bits per heavy atom. The van der Waals surface area contributed by atoms with Crippen molar-refractivity contribution in [2.75, 3.05) is 18.8 Å². The molecule has 1 amide bonds. The number of hydrogen-bond donors (Lipinski definition) is 1. The second-order valence-electron chi connectivity index (χ2n) is 4.82. The minimum Gasteiger partial charge on any atom is -0.481 e. The standard InChI is InChI=1S/C11H18FNO5S/c12-19(17,18)8-9-6-10(14)13(7-9)5-3-1-2-4-11(15)16/h9H,1-8H2,(H,15,16). The van der Waals surface area contributed by atoms with Gasteiger partial charge in [-0.1, -0.05) is 6.42 Å². The van der Waals surface area contributed by atoms with Crippen LogP contribution in [-0.2, 0) is 19.8 Å². The number of carbonyl (C=O) groups is 2. The first-order valence-corrected chi connectivity index (χ1v) is 7.75. The van der Waals surface area contributed by atoms with Crippen molar-refractivity contribution >= 4 is 22.1 Å². The Kier molecular flexibility index (Phi) is 5.71. The van der Waals surface area contributed by atoms with Gasteiger partial charge in [0.1, 0.15) is 0 Å². The van der Waals surface area contributed by atoms with E-state index >= 15 is 0 Å². The van der Waals surface area contributed by atoms with Crippen molar-refractivity contribution in [3.8, 4) is 0 Å². The van der Waals surface area contributed by atoms with Crippen molar-refractivity contribution < 1.29 is 27.0 Å². The normalized spacial score (nSPS) is 19.9. The molecule has 0 radical (unpaired) electrons. The number of hydrogen-bond acceptors (Lipinski definition) is 4. The lowest BCUT2D eigenvalue weighted by Gasteiger charge is -2.15. The molecule has 0 saturated carbocycles. The summed E-state index contributed by atoms with van der Waals surface area (Å²) < 4.78 is 33.5. The molecule has 6 nitrogen and oxygen atoms in total. The molecule has 0 spiro atoms. The van der Waals surface area contributed by atoms with Crippen LogP contribution in [-0.4, -0.2) is 49.1 Å². The van der Waals surface area contributed by atoms with E-state index in [4.69, 9.17) is 5.11 Å². The summed E-state index contributed by atoms with van der Waals surface area (Å²) in [6.07, 6.45) is 2.10. The number of likely N-dealkylation sites (tertiary alicyclic amines) is 1. The van der Waals surface area contributed by atoms with Crippen LogP contribution in [0, 0.1) is 5.92 Å². The van der Waals surface area contributed by atoms with Crippen molar-refractivity contribution in [3.05, 3.63) is 0 Å². The quantitative estimate of drug-likeness (QED) is 0.528. The number of carboxylic acids is 1. The van der Waals surface area contributed by atoms with Crippen LogP contribution < -0.4 is 0 Å². The van der Waals surface area contributed by atoms with E-state index in [0.29, 0.717) is 25.8 Å². The topological polar surface area (TPSA) is 91.8 Å². The lowest BCUT2D eigenvalue weighted by Crippen LogP contribution is -2.27. The van der Waals surface area contributed by atoms with E-state index in [9.17, 15) is 21.9 Å². The predicted octanol–water partition coefficient (Wildman–Crippen LogP) is 0.779. The molecule has 8 heteroatoms. The second-order valence-corrected chi connectivity index (χ2v) is 6.23. The molecule has 0 aliphatic carbocycles. The highest BCUT2D eigenvalue weighted by Crippen LogP contribution is 2.20. The molecule has 1 unspecified atom stereocenters. The van der Waals surface area contributed by atoms with Gasteiger partial charge in [-0.3, -0.25) is 9.59 Å². The first-order chi connectivity index (χ1) is 8.78. The van der Waals surface area contributed by atoms with Gasteiger partial charge in [-0.05, 0) is 12.8 Å². The van der Waals surface area contributed by atoms with Gasteiger partial charge in [-0.2, -0.15) is 8.42 Å². The molecule has 19 heavy (non-hydrogen) atoms. The molecule has 0 aromatic rings. The maximum absolute atomic E-state index is 12.5. The van der Waals surface area contributed by atoms with Crippen LogP contribution in [0.1, 0.15) is 32.1 Å². The molecule has 0 bridgehead atoms. The zero-order chi connectivity index (χ0) is 14.5. The van der Waals surface area contributed by atoms with Crippen LogP contribution >= 0.6 is 0 Å². The summed E-state index contributed by atoms with van der Waals surface area (Å²) in [6.45, 7) is 0.738. The van der Waals surface area contributed by atoms with Crippen LogP contribution in [0.3, 0.4) is 0 Å². The highest BCUT2D eigenvalue weighted by Gasteiger charge is 2.32. The first kappa shape index (κ1) is 15.9. The summed E-state index contributed by atoms with van der Waals surface area (Å²) in [5.41, 5.74) is 0. The Bertz CT molecular complexity index is 436. The molecule has 1 fully saturated rings. The highest BCUT2D eigenvalue weighted by molar-refractivity contribution is 7.86. The summed E-state index contributed by atoms with van der Waals surface area (Å²) >= 11 is 0. The molecule has 1 heterocycles. The maximum Gasteiger partial charge on any atom is 0.303 e. The summed E-state index contributed by atoms with van der Waals surface area (Å²) in [5, 5.41) is 8.45. The SMILES string of the molecule is O=C(O)CCCCCN1CC(CS(=O)(=O)F)CC1=O. The van der Waals surface area contributed by atoms with Crippen molar-refractivity contribution in [2.45, 2.75) is 32.1 Å². The predicted molar refractivity (Wildman–Crippen MR) is 65.7 cm³/mol.